The van der Waals surface area contributed by atoms with E-state index in [1.54, 1.807) is 27.8 Å². The Bertz CT molecular complexity index is 749. The summed E-state index contributed by atoms with van der Waals surface area (Å²) < 4.78 is 34.8. The van der Waals surface area contributed by atoms with Crippen LogP contribution in [0.2, 0.25) is 0 Å². The summed E-state index contributed by atoms with van der Waals surface area (Å²) in [5, 5.41) is 0. The van der Waals surface area contributed by atoms with Crippen molar-refractivity contribution in [3.63, 3.8) is 0 Å². The molecule has 1 aromatic rings. The molecular formula is C19H26F2N4O2. The number of pyridine rings is 1. The quantitative estimate of drug-likeness (QED) is 0.815. The SMILES string of the molecule is CN=CC(=CN)c1cc(F)cnc1C1(F)CCN(C(=O)OC(C)(C)C)CC1. The number of carbonyl (C=O) groups excluding carboxylic acids is 1. The van der Waals surface area contributed by atoms with Crippen LogP contribution in [-0.2, 0) is 10.4 Å². The summed E-state index contributed by atoms with van der Waals surface area (Å²) in [6, 6.07) is 1.20. The zero-order valence-corrected chi connectivity index (χ0v) is 16.1. The lowest BCUT2D eigenvalue weighted by Crippen LogP contribution is -2.45. The van der Waals surface area contributed by atoms with Gasteiger partial charge in [-0.05, 0) is 26.8 Å². The molecule has 1 aromatic heterocycles. The van der Waals surface area contributed by atoms with Crippen LogP contribution in [-0.4, -0.2) is 47.9 Å². The highest BCUT2D eigenvalue weighted by molar-refractivity contribution is 6.10. The van der Waals surface area contributed by atoms with E-state index in [9.17, 15) is 9.18 Å². The van der Waals surface area contributed by atoms with Crippen molar-refractivity contribution in [2.75, 3.05) is 20.1 Å². The fourth-order valence-electron chi connectivity index (χ4n) is 2.96. The molecule has 0 unspecified atom stereocenters. The highest BCUT2D eigenvalue weighted by Gasteiger charge is 2.41. The third-order valence-electron chi connectivity index (χ3n) is 4.25. The van der Waals surface area contributed by atoms with Crippen LogP contribution in [0.5, 0.6) is 0 Å². The van der Waals surface area contributed by atoms with Crippen molar-refractivity contribution in [1.29, 1.82) is 0 Å². The van der Waals surface area contributed by atoms with E-state index in [4.69, 9.17) is 10.5 Å². The maximum absolute atomic E-state index is 15.7. The largest absolute Gasteiger partial charge is 0.444 e. The van der Waals surface area contributed by atoms with E-state index in [0.717, 1.165) is 6.20 Å². The molecule has 2 N–H and O–H groups in total. The number of amides is 1. The molecule has 0 radical (unpaired) electrons. The van der Waals surface area contributed by atoms with Gasteiger partial charge in [0.1, 0.15) is 11.4 Å². The average molecular weight is 380 g/mol. The molecule has 1 amide bonds. The van der Waals surface area contributed by atoms with Gasteiger partial charge >= 0.3 is 6.09 Å². The average Bonchev–Trinajstić information content (AvgIpc) is 2.58. The second-order valence-corrected chi connectivity index (χ2v) is 7.49. The number of rotatable bonds is 3. The number of ether oxygens (including phenoxy) is 1. The van der Waals surface area contributed by atoms with Gasteiger partial charge in [0.25, 0.3) is 0 Å². The molecule has 1 aliphatic heterocycles. The summed E-state index contributed by atoms with van der Waals surface area (Å²) in [5.74, 6) is -0.590. The number of nitrogens with zero attached hydrogens (tertiary/aromatic N) is 3. The minimum Gasteiger partial charge on any atom is -0.444 e. The van der Waals surface area contributed by atoms with Crippen LogP contribution >= 0.6 is 0 Å². The van der Waals surface area contributed by atoms with E-state index in [-0.39, 0.29) is 37.2 Å². The zero-order valence-electron chi connectivity index (χ0n) is 16.1. The number of piperidine rings is 1. The molecule has 0 spiro atoms. The summed E-state index contributed by atoms with van der Waals surface area (Å²) in [6.45, 7) is 5.68. The van der Waals surface area contributed by atoms with E-state index < -0.39 is 23.2 Å². The lowest BCUT2D eigenvalue weighted by atomic mass is 9.85. The number of carbonyl (C=O) groups is 1. The van der Waals surface area contributed by atoms with Crippen molar-refractivity contribution in [3.05, 3.63) is 35.5 Å². The second-order valence-electron chi connectivity index (χ2n) is 7.49. The van der Waals surface area contributed by atoms with Crippen LogP contribution in [0.25, 0.3) is 5.57 Å². The highest BCUT2D eigenvalue weighted by atomic mass is 19.1. The minimum absolute atomic E-state index is 0.0268. The molecule has 8 heteroatoms. The molecule has 27 heavy (non-hydrogen) atoms. The number of nitrogens with two attached hydrogens (primary N) is 1. The Hall–Kier alpha value is -2.51. The summed E-state index contributed by atoms with van der Waals surface area (Å²) in [6.07, 6.45) is 3.23. The van der Waals surface area contributed by atoms with E-state index in [0.29, 0.717) is 5.57 Å². The van der Waals surface area contributed by atoms with Crippen LogP contribution in [0.1, 0.15) is 44.9 Å². The maximum Gasteiger partial charge on any atom is 0.410 e. The predicted octanol–water partition coefficient (Wildman–Crippen LogP) is 3.42. The van der Waals surface area contributed by atoms with Crippen molar-refractivity contribution in [2.45, 2.75) is 44.9 Å². The minimum atomic E-state index is -1.81. The third kappa shape index (κ3) is 5.02. The van der Waals surface area contributed by atoms with Gasteiger partial charge in [0.2, 0.25) is 0 Å². The molecular weight excluding hydrogens is 354 g/mol. The smallest absolute Gasteiger partial charge is 0.410 e. The monoisotopic (exact) mass is 380 g/mol. The first-order chi connectivity index (χ1) is 12.6. The van der Waals surface area contributed by atoms with Crippen LogP contribution < -0.4 is 5.73 Å². The van der Waals surface area contributed by atoms with Crippen LogP contribution in [0.15, 0.2) is 23.5 Å². The Morgan fingerprint density at radius 2 is 2.04 bits per heavy atom. The normalized spacial score (nSPS) is 18.0. The molecule has 6 nitrogen and oxygen atoms in total. The lowest BCUT2D eigenvalue weighted by Gasteiger charge is -2.37. The number of hydrogen-bond acceptors (Lipinski definition) is 5. The molecule has 0 bridgehead atoms. The zero-order chi connectivity index (χ0) is 20.2. The van der Waals surface area contributed by atoms with Crippen LogP contribution in [0.3, 0.4) is 0 Å². The summed E-state index contributed by atoms with van der Waals surface area (Å²) >= 11 is 0. The number of likely N-dealkylation sites (tertiary alicyclic amines) is 1. The van der Waals surface area contributed by atoms with Crippen molar-refractivity contribution < 1.29 is 18.3 Å². The topological polar surface area (TPSA) is 80.8 Å². The van der Waals surface area contributed by atoms with Gasteiger partial charge in [0, 0.05) is 56.5 Å². The standard InChI is InChI=1S/C19H26F2N4O2/c1-18(2,3)27-17(26)25-7-5-19(21,6-8-25)16-15(9-14(20)12-24-16)13(10-22)11-23-4/h9-12H,5-8,22H2,1-4H3. The Kier molecular flexibility index (Phi) is 6.18. The molecule has 148 valence electrons. The fraction of sp³-hybridized carbons (Fsp3) is 0.526. The molecule has 1 fully saturated rings. The highest BCUT2D eigenvalue weighted by Crippen LogP contribution is 2.39. The van der Waals surface area contributed by atoms with Gasteiger partial charge in [-0.2, -0.15) is 0 Å². The molecule has 0 aromatic carbocycles. The molecule has 0 atom stereocenters. The molecule has 2 heterocycles. The van der Waals surface area contributed by atoms with E-state index in [2.05, 4.69) is 9.98 Å². The first kappa shape index (κ1) is 20.8. The number of halogens is 2. The van der Waals surface area contributed by atoms with Gasteiger partial charge in [-0.15, -0.1) is 0 Å². The van der Waals surface area contributed by atoms with Crippen molar-refractivity contribution in [2.24, 2.45) is 10.7 Å². The number of alkyl halides is 1. The maximum atomic E-state index is 15.7. The summed E-state index contributed by atoms with van der Waals surface area (Å²) in [5.41, 5.74) is 3.92. The van der Waals surface area contributed by atoms with E-state index in [1.165, 1.54) is 23.4 Å². The predicted molar refractivity (Wildman–Crippen MR) is 101 cm³/mol. The Labute approximate surface area is 158 Å². The van der Waals surface area contributed by atoms with Gasteiger partial charge in [-0.3, -0.25) is 9.98 Å². The molecule has 2 rings (SSSR count). The van der Waals surface area contributed by atoms with Gasteiger partial charge in [0.05, 0.1) is 11.9 Å². The van der Waals surface area contributed by atoms with Gasteiger partial charge in [-0.25, -0.2) is 13.6 Å². The first-order valence-electron chi connectivity index (χ1n) is 8.77. The Balaban J connectivity index is 2.26. The summed E-state index contributed by atoms with van der Waals surface area (Å²) in [7, 11) is 1.54. The van der Waals surface area contributed by atoms with Gasteiger partial charge in [-0.1, -0.05) is 0 Å². The van der Waals surface area contributed by atoms with Crippen LogP contribution in [0, 0.1) is 5.82 Å². The van der Waals surface area contributed by atoms with Crippen molar-refractivity contribution in [1.82, 2.24) is 9.88 Å². The van der Waals surface area contributed by atoms with Crippen molar-refractivity contribution >= 4 is 17.9 Å². The Morgan fingerprint density at radius 1 is 1.41 bits per heavy atom. The van der Waals surface area contributed by atoms with E-state index >= 15 is 4.39 Å². The first-order valence-corrected chi connectivity index (χ1v) is 8.77. The number of hydrogen-bond donors (Lipinski definition) is 1. The molecule has 0 saturated carbocycles. The fourth-order valence-corrected chi connectivity index (χ4v) is 2.96. The van der Waals surface area contributed by atoms with Crippen LogP contribution in [0.4, 0.5) is 13.6 Å². The summed E-state index contributed by atoms with van der Waals surface area (Å²) in [4.78, 5) is 21.5. The number of allylic oxidation sites excluding steroid dienone is 1. The number of aliphatic imine (C=N–C) groups is 1. The van der Waals surface area contributed by atoms with E-state index in [1.807, 2.05) is 0 Å². The van der Waals surface area contributed by atoms with Crippen molar-refractivity contribution in [3.8, 4) is 0 Å². The molecule has 0 aliphatic carbocycles. The molecule has 1 saturated heterocycles. The second kappa shape index (κ2) is 8.02. The molecule has 1 aliphatic rings. The van der Waals surface area contributed by atoms with Gasteiger partial charge < -0.3 is 15.4 Å². The lowest BCUT2D eigenvalue weighted by molar-refractivity contribution is 0.00120. The number of aromatic nitrogens is 1. The third-order valence-corrected chi connectivity index (χ3v) is 4.25. The van der Waals surface area contributed by atoms with Gasteiger partial charge in [0.15, 0.2) is 5.67 Å². The Morgan fingerprint density at radius 3 is 2.56 bits per heavy atom.